The zero-order valence-electron chi connectivity index (χ0n) is 17.7. The molecule has 0 saturated carbocycles. The highest BCUT2D eigenvalue weighted by molar-refractivity contribution is 6.51. The number of hydrogen-bond acceptors (Lipinski definition) is 5. The van der Waals surface area contributed by atoms with E-state index in [-0.39, 0.29) is 27.7 Å². The molecule has 1 fully saturated rings. The number of rotatable bonds is 4. The number of hydrogen-bond donors (Lipinski definition) is 2. The van der Waals surface area contributed by atoms with Gasteiger partial charge >= 0.3 is 0 Å². The lowest BCUT2D eigenvalue weighted by Crippen LogP contribution is -2.29. The molecule has 1 saturated heterocycles. The molecule has 0 radical (unpaired) electrons. The molecule has 1 amide bonds. The van der Waals surface area contributed by atoms with E-state index in [0.717, 1.165) is 5.56 Å². The van der Waals surface area contributed by atoms with Crippen molar-refractivity contribution >= 4 is 46.3 Å². The van der Waals surface area contributed by atoms with Gasteiger partial charge in [0.15, 0.2) is 0 Å². The van der Waals surface area contributed by atoms with Crippen molar-refractivity contribution in [2.75, 3.05) is 12.0 Å². The Hall–Kier alpha value is -3.48. The van der Waals surface area contributed by atoms with Crippen LogP contribution in [0.15, 0.2) is 66.2 Å². The zero-order valence-corrected chi connectivity index (χ0v) is 19.2. The number of aliphatic hydroxyl groups is 1. The molecule has 168 valence electrons. The van der Waals surface area contributed by atoms with Crippen LogP contribution in [0.3, 0.4) is 0 Å². The first-order chi connectivity index (χ1) is 15.7. The fourth-order valence-corrected chi connectivity index (χ4v) is 4.45. The Balaban J connectivity index is 2.01. The maximum absolute atomic E-state index is 13.2. The molecule has 1 aliphatic rings. The number of aromatic hydroxyl groups is 1. The molecule has 3 aromatic carbocycles. The average molecular weight is 484 g/mol. The third-order valence-corrected chi connectivity index (χ3v) is 5.92. The molecule has 1 unspecified atom stereocenters. The maximum atomic E-state index is 13.2. The molecule has 0 spiro atoms. The van der Waals surface area contributed by atoms with Gasteiger partial charge in [-0.05, 0) is 66.6 Å². The van der Waals surface area contributed by atoms with Gasteiger partial charge in [0, 0.05) is 10.7 Å². The third kappa shape index (κ3) is 4.03. The lowest BCUT2D eigenvalue weighted by molar-refractivity contribution is -0.132. The van der Waals surface area contributed by atoms with Crippen molar-refractivity contribution in [2.24, 2.45) is 0 Å². The standard InChI is InChI=1S/C25H19Cl2NO5/c1-13-10-18(24(33-2)19(27)11-13)22(30)20-21(14-4-3-5-17(29)12-14)28(25(32)23(20)31)16-8-6-15(26)7-9-16/h3-12,21,29-30H,1-2H3/b22-20+. The Morgan fingerprint density at radius 2 is 1.73 bits per heavy atom. The first-order valence-electron chi connectivity index (χ1n) is 9.93. The Morgan fingerprint density at radius 1 is 1.03 bits per heavy atom. The van der Waals surface area contributed by atoms with Gasteiger partial charge in [0.05, 0.1) is 29.3 Å². The average Bonchev–Trinajstić information content (AvgIpc) is 3.04. The van der Waals surface area contributed by atoms with Crippen LogP contribution in [-0.4, -0.2) is 29.0 Å². The van der Waals surface area contributed by atoms with Crippen LogP contribution < -0.4 is 9.64 Å². The van der Waals surface area contributed by atoms with Crippen LogP contribution in [0, 0.1) is 6.92 Å². The summed E-state index contributed by atoms with van der Waals surface area (Å²) in [4.78, 5) is 27.7. The molecule has 1 heterocycles. The fraction of sp³-hybridized carbons (Fsp3) is 0.120. The van der Waals surface area contributed by atoms with E-state index in [9.17, 15) is 19.8 Å². The molecule has 1 atom stereocenters. The molecular formula is C25H19Cl2NO5. The number of carbonyl (C=O) groups excluding carboxylic acids is 2. The maximum Gasteiger partial charge on any atom is 0.300 e. The van der Waals surface area contributed by atoms with Crippen molar-refractivity contribution in [3.05, 3.63) is 93.0 Å². The van der Waals surface area contributed by atoms with Gasteiger partial charge in [-0.2, -0.15) is 0 Å². The number of methoxy groups -OCH3 is 1. The van der Waals surface area contributed by atoms with Crippen molar-refractivity contribution in [1.29, 1.82) is 0 Å². The summed E-state index contributed by atoms with van der Waals surface area (Å²) >= 11 is 12.3. The number of Topliss-reactive ketones (excluding diaryl/α,β-unsaturated/α-hetero) is 1. The fourth-order valence-electron chi connectivity index (χ4n) is 3.97. The number of phenolic OH excluding ortho intramolecular Hbond substituents is 1. The van der Waals surface area contributed by atoms with Crippen LogP contribution in [-0.2, 0) is 9.59 Å². The van der Waals surface area contributed by atoms with Crippen LogP contribution >= 0.6 is 23.2 Å². The quantitative estimate of drug-likeness (QED) is 0.284. The van der Waals surface area contributed by atoms with Gasteiger partial charge in [0.2, 0.25) is 0 Å². The van der Waals surface area contributed by atoms with Gasteiger partial charge in [-0.15, -0.1) is 0 Å². The minimum absolute atomic E-state index is 0.0506. The summed E-state index contributed by atoms with van der Waals surface area (Å²) in [6.07, 6.45) is 0. The van der Waals surface area contributed by atoms with Crippen molar-refractivity contribution < 1.29 is 24.5 Å². The number of aryl methyl sites for hydroxylation is 1. The number of ketones is 1. The van der Waals surface area contributed by atoms with Crippen molar-refractivity contribution in [3.63, 3.8) is 0 Å². The highest BCUT2D eigenvalue weighted by atomic mass is 35.5. The summed E-state index contributed by atoms with van der Waals surface area (Å²) in [5.41, 5.74) is 1.59. The second-order valence-corrected chi connectivity index (χ2v) is 8.41. The summed E-state index contributed by atoms with van der Waals surface area (Å²) in [6.45, 7) is 1.78. The van der Waals surface area contributed by atoms with Crippen molar-refractivity contribution in [2.45, 2.75) is 13.0 Å². The van der Waals surface area contributed by atoms with E-state index in [1.54, 1.807) is 55.5 Å². The first-order valence-corrected chi connectivity index (χ1v) is 10.7. The smallest absolute Gasteiger partial charge is 0.300 e. The number of ether oxygens (including phenoxy) is 1. The second-order valence-electron chi connectivity index (χ2n) is 7.57. The number of phenols is 1. The van der Waals surface area contributed by atoms with E-state index in [4.69, 9.17) is 27.9 Å². The van der Waals surface area contributed by atoms with Gasteiger partial charge in [-0.25, -0.2) is 0 Å². The normalized spacial score (nSPS) is 17.5. The Bertz CT molecular complexity index is 1300. The third-order valence-electron chi connectivity index (χ3n) is 5.38. The predicted molar refractivity (Wildman–Crippen MR) is 127 cm³/mol. The van der Waals surface area contributed by atoms with E-state index in [1.807, 2.05) is 0 Å². The molecule has 0 aliphatic carbocycles. The zero-order chi connectivity index (χ0) is 23.9. The van der Waals surface area contributed by atoms with Gasteiger partial charge in [-0.3, -0.25) is 14.5 Å². The summed E-state index contributed by atoms with van der Waals surface area (Å²) in [5.74, 6) is -2.02. The number of amides is 1. The molecule has 4 rings (SSSR count). The predicted octanol–water partition coefficient (Wildman–Crippen LogP) is 5.64. The lowest BCUT2D eigenvalue weighted by atomic mass is 9.94. The number of benzene rings is 3. The highest BCUT2D eigenvalue weighted by Gasteiger charge is 2.47. The monoisotopic (exact) mass is 483 g/mol. The molecule has 2 N–H and O–H groups in total. The number of halogens is 2. The summed E-state index contributed by atoms with van der Waals surface area (Å²) < 4.78 is 5.37. The van der Waals surface area contributed by atoms with Crippen LogP contribution in [0.2, 0.25) is 10.0 Å². The highest BCUT2D eigenvalue weighted by Crippen LogP contribution is 2.45. The summed E-state index contributed by atoms with van der Waals surface area (Å²) in [5, 5.41) is 22.1. The molecule has 8 heteroatoms. The van der Waals surface area contributed by atoms with E-state index in [2.05, 4.69) is 0 Å². The van der Waals surface area contributed by atoms with Crippen LogP contribution in [0.1, 0.15) is 22.7 Å². The topological polar surface area (TPSA) is 87.1 Å². The molecule has 3 aromatic rings. The van der Waals surface area contributed by atoms with E-state index >= 15 is 0 Å². The summed E-state index contributed by atoms with van der Waals surface area (Å²) in [7, 11) is 1.40. The largest absolute Gasteiger partial charge is 0.508 e. The van der Waals surface area contributed by atoms with E-state index < -0.39 is 23.5 Å². The Kier molecular flexibility index (Phi) is 6.06. The van der Waals surface area contributed by atoms with Gasteiger partial charge in [-0.1, -0.05) is 35.3 Å². The molecule has 33 heavy (non-hydrogen) atoms. The van der Waals surface area contributed by atoms with Crippen LogP contribution in [0.4, 0.5) is 5.69 Å². The minimum atomic E-state index is -1.01. The molecule has 0 bridgehead atoms. The minimum Gasteiger partial charge on any atom is -0.508 e. The van der Waals surface area contributed by atoms with Crippen LogP contribution in [0.5, 0.6) is 11.5 Å². The second kappa shape index (κ2) is 8.81. The number of carbonyl (C=O) groups is 2. The molecule has 0 aromatic heterocycles. The van der Waals surface area contributed by atoms with Gasteiger partial charge in [0.1, 0.15) is 17.3 Å². The van der Waals surface area contributed by atoms with E-state index in [1.165, 1.54) is 24.1 Å². The van der Waals surface area contributed by atoms with Crippen LogP contribution in [0.25, 0.3) is 5.76 Å². The Morgan fingerprint density at radius 3 is 2.36 bits per heavy atom. The first kappa shape index (κ1) is 22.7. The number of anilines is 1. The number of nitrogens with zero attached hydrogens (tertiary/aromatic N) is 1. The SMILES string of the molecule is COc1c(Cl)cc(C)cc1/C(O)=C1\C(=O)C(=O)N(c2ccc(Cl)cc2)C1c1cccc(O)c1. The number of aliphatic hydroxyl groups excluding tert-OH is 1. The lowest BCUT2D eigenvalue weighted by Gasteiger charge is -2.25. The Labute approximate surface area is 200 Å². The van der Waals surface area contributed by atoms with Gasteiger partial charge in [0.25, 0.3) is 11.7 Å². The molecule has 1 aliphatic heterocycles. The molecule has 6 nitrogen and oxygen atoms in total. The van der Waals surface area contributed by atoms with Crippen molar-refractivity contribution in [1.82, 2.24) is 0 Å². The summed E-state index contributed by atoms with van der Waals surface area (Å²) in [6, 6.07) is 14.8. The van der Waals surface area contributed by atoms with Crippen molar-refractivity contribution in [3.8, 4) is 11.5 Å². The van der Waals surface area contributed by atoms with E-state index in [0.29, 0.717) is 16.3 Å². The van der Waals surface area contributed by atoms with Gasteiger partial charge < -0.3 is 14.9 Å². The molecular weight excluding hydrogens is 465 g/mol.